The molecule has 0 aliphatic carbocycles. The Morgan fingerprint density at radius 3 is 1.37 bits per heavy atom. The first-order valence-corrected chi connectivity index (χ1v) is 11.0. The molecule has 30 heavy (non-hydrogen) atoms. The van der Waals surface area contributed by atoms with Crippen LogP contribution in [0.3, 0.4) is 0 Å². The number of phenolic OH excluding ortho intramolecular Hbond substituents is 2. The highest BCUT2D eigenvalue weighted by atomic mass is 16.3. The lowest BCUT2D eigenvalue weighted by molar-refractivity contribution is 0.469. The zero-order chi connectivity index (χ0) is 22.3. The Kier molecular flexibility index (Phi) is 8.64. The summed E-state index contributed by atoms with van der Waals surface area (Å²) in [4.78, 5) is 0. The maximum Gasteiger partial charge on any atom is 0.127 e. The lowest BCUT2D eigenvalue weighted by atomic mass is 9.98. The minimum Gasteiger partial charge on any atom is -0.507 e. The SMILES string of the molecule is CCCCC(=NN=C(CCCC)c1cc(C)cc(C)c1O)c1cc(C)cc(C)c1O. The molecule has 4 nitrogen and oxygen atoms in total. The monoisotopic (exact) mass is 408 g/mol. The maximum absolute atomic E-state index is 10.7. The summed E-state index contributed by atoms with van der Waals surface area (Å²) in [5, 5.41) is 30.6. The number of nitrogens with zero attached hydrogens (tertiary/aromatic N) is 2. The Hall–Kier alpha value is -2.62. The fraction of sp³-hybridized carbons (Fsp3) is 0.462. The molecule has 0 bridgehead atoms. The molecule has 0 unspecified atom stereocenters. The molecule has 0 heterocycles. The fourth-order valence-electron chi connectivity index (χ4n) is 3.65. The molecule has 0 fully saturated rings. The van der Waals surface area contributed by atoms with Crippen LogP contribution in [0.1, 0.15) is 85.8 Å². The summed E-state index contributed by atoms with van der Waals surface area (Å²) < 4.78 is 0. The first-order valence-electron chi connectivity index (χ1n) is 11.0. The molecule has 0 aliphatic heterocycles. The highest BCUT2D eigenvalue weighted by molar-refractivity contribution is 6.06. The van der Waals surface area contributed by atoms with Crippen LogP contribution in [0.15, 0.2) is 34.5 Å². The lowest BCUT2D eigenvalue weighted by Crippen LogP contribution is -2.06. The molecule has 0 aliphatic rings. The summed E-state index contributed by atoms with van der Waals surface area (Å²) in [5.41, 5.74) is 6.96. The molecule has 0 aromatic heterocycles. The van der Waals surface area contributed by atoms with Crippen LogP contribution in [0.4, 0.5) is 0 Å². The average molecular weight is 409 g/mol. The smallest absolute Gasteiger partial charge is 0.127 e. The van der Waals surface area contributed by atoms with Crippen molar-refractivity contribution in [2.24, 2.45) is 10.2 Å². The van der Waals surface area contributed by atoms with E-state index in [0.717, 1.165) is 83.3 Å². The summed E-state index contributed by atoms with van der Waals surface area (Å²) in [5.74, 6) is 0.546. The molecule has 4 heteroatoms. The molecule has 2 rings (SSSR count). The van der Waals surface area contributed by atoms with Crippen LogP contribution < -0.4 is 0 Å². The van der Waals surface area contributed by atoms with E-state index in [1.165, 1.54) is 0 Å². The Morgan fingerprint density at radius 1 is 0.667 bits per heavy atom. The van der Waals surface area contributed by atoms with E-state index >= 15 is 0 Å². The number of hydrogen-bond donors (Lipinski definition) is 2. The van der Waals surface area contributed by atoms with E-state index in [-0.39, 0.29) is 11.5 Å². The second-order valence-electron chi connectivity index (χ2n) is 8.26. The number of phenols is 2. The third-order valence-corrected chi connectivity index (χ3v) is 5.34. The van der Waals surface area contributed by atoms with E-state index in [1.807, 2.05) is 52.0 Å². The van der Waals surface area contributed by atoms with Gasteiger partial charge in [-0.2, -0.15) is 10.2 Å². The van der Waals surface area contributed by atoms with Crippen LogP contribution in [-0.2, 0) is 0 Å². The standard InChI is InChI=1S/C26H36N2O2/c1-7-9-11-23(21-15-17(3)13-19(5)25(21)29)27-28-24(12-10-8-2)22-16-18(4)14-20(6)26(22)30/h13-16,29-30H,7-12H2,1-6H3. The predicted octanol–water partition coefficient (Wildman–Crippen LogP) is 6.91. The summed E-state index contributed by atoms with van der Waals surface area (Å²) >= 11 is 0. The van der Waals surface area contributed by atoms with E-state index in [4.69, 9.17) is 0 Å². The van der Waals surface area contributed by atoms with Gasteiger partial charge in [-0.1, -0.05) is 38.8 Å². The van der Waals surface area contributed by atoms with Gasteiger partial charge in [0.1, 0.15) is 11.5 Å². The first kappa shape index (κ1) is 23.7. The van der Waals surface area contributed by atoms with Gasteiger partial charge in [-0.3, -0.25) is 0 Å². The maximum atomic E-state index is 10.7. The summed E-state index contributed by atoms with van der Waals surface area (Å²) in [6.45, 7) is 12.2. The van der Waals surface area contributed by atoms with Gasteiger partial charge >= 0.3 is 0 Å². The van der Waals surface area contributed by atoms with Crippen LogP contribution in [-0.4, -0.2) is 21.6 Å². The zero-order valence-electron chi connectivity index (χ0n) is 19.3. The molecule has 0 amide bonds. The van der Waals surface area contributed by atoms with Crippen LogP contribution in [0, 0.1) is 27.7 Å². The Bertz CT molecular complexity index is 865. The van der Waals surface area contributed by atoms with Crippen LogP contribution in [0.2, 0.25) is 0 Å². The van der Waals surface area contributed by atoms with Gasteiger partial charge in [0.2, 0.25) is 0 Å². The third kappa shape index (κ3) is 5.94. The highest BCUT2D eigenvalue weighted by Crippen LogP contribution is 2.28. The number of hydrogen-bond acceptors (Lipinski definition) is 4. The van der Waals surface area contributed by atoms with Gasteiger partial charge in [-0.25, -0.2) is 0 Å². The minimum absolute atomic E-state index is 0.273. The van der Waals surface area contributed by atoms with E-state index in [0.29, 0.717) is 0 Å². The van der Waals surface area contributed by atoms with Crippen molar-refractivity contribution in [2.45, 2.75) is 80.1 Å². The van der Waals surface area contributed by atoms with E-state index in [1.54, 1.807) is 0 Å². The van der Waals surface area contributed by atoms with Gasteiger partial charge in [-0.15, -0.1) is 0 Å². The second kappa shape index (κ2) is 11.0. The molecular formula is C26H36N2O2. The van der Waals surface area contributed by atoms with E-state index in [2.05, 4.69) is 24.1 Å². The fourth-order valence-corrected chi connectivity index (χ4v) is 3.65. The minimum atomic E-state index is 0.273. The molecule has 0 saturated heterocycles. The van der Waals surface area contributed by atoms with Crippen molar-refractivity contribution in [3.05, 3.63) is 57.6 Å². The molecule has 2 aromatic carbocycles. The largest absolute Gasteiger partial charge is 0.507 e. The van der Waals surface area contributed by atoms with Crippen molar-refractivity contribution in [1.29, 1.82) is 0 Å². The van der Waals surface area contributed by atoms with Crippen molar-refractivity contribution in [2.75, 3.05) is 0 Å². The number of unbranched alkanes of at least 4 members (excludes halogenated alkanes) is 2. The number of aromatic hydroxyl groups is 2. The Balaban J connectivity index is 2.60. The van der Waals surface area contributed by atoms with Crippen molar-refractivity contribution in [1.82, 2.24) is 0 Å². The highest BCUT2D eigenvalue weighted by Gasteiger charge is 2.15. The van der Waals surface area contributed by atoms with Crippen molar-refractivity contribution >= 4 is 11.4 Å². The van der Waals surface area contributed by atoms with E-state index < -0.39 is 0 Å². The van der Waals surface area contributed by atoms with Crippen LogP contribution >= 0.6 is 0 Å². The quantitative estimate of drug-likeness (QED) is 0.350. The normalized spacial score (nSPS) is 12.5. The van der Waals surface area contributed by atoms with Gasteiger partial charge in [0.05, 0.1) is 11.4 Å². The van der Waals surface area contributed by atoms with Crippen LogP contribution in [0.5, 0.6) is 11.5 Å². The van der Waals surface area contributed by atoms with Crippen molar-refractivity contribution in [3.8, 4) is 11.5 Å². The molecule has 2 N–H and O–H groups in total. The van der Waals surface area contributed by atoms with E-state index in [9.17, 15) is 10.2 Å². The van der Waals surface area contributed by atoms with Crippen LogP contribution in [0.25, 0.3) is 0 Å². The molecule has 0 atom stereocenters. The zero-order valence-corrected chi connectivity index (χ0v) is 19.3. The van der Waals surface area contributed by atoms with Gasteiger partial charge in [0.25, 0.3) is 0 Å². The Labute approximate surface area is 181 Å². The molecule has 0 saturated carbocycles. The van der Waals surface area contributed by atoms with Crippen molar-refractivity contribution in [3.63, 3.8) is 0 Å². The molecule has 0 radical (unpaired) electrons. The second-order valence-corrected chi connectivity index (χ2v) is 8.26. The van der Waals surface area contributed by atoms with Gasteiger partial charge in [-0.05, 0) is 87.8 Å². The Morgan fingerprint density at radius 2 is 1.03 bits per heavy atom. The van der Waals surface area contributed by atoms with Gasteiger partial charge in [0, 0.05) is 11.1 Å². The molecule has 162 valence electrons. The summed E-state index contributed by atoms with van der Waals surface area (Å²) in [7, 11) is 0. The average Bonchev–Trinajstić information content (AvgIpc) is 2.70. The van der Waals surface area contributed by atoms with Gasteiger partial charge in [0.15, 0.2) is 0 Å². The van der Waals surface area contributed by atoms with Crippen molar-refractivity contribution < 1.29 is 10.2 Å². The topological polar surface area (TPSA) is 65.2 Å². The van der Waals surface area contributed by atoms with Gasteiger partial charge < -0.3 is 10.2 Å². The molecular weight excluding hydrogens is 372 g/mol. The predicted molar refractivity (Wildman–Crippen MR) is 127 cm³/mol. The third-order valence-electron chi connectivity index (χ3n) is 5.34. The molecule has 0 spiro atoms. The summed E-state index contributed by atoms with van der Waals surface area (Å²) in [6.07, 6.45) is 5.51. The number of aryl methyl sites for hydroxylation is 4. The lowest BCUT2D eigenvalue weighted by Gasteiger charge is -2.13. The number of rotatable bonds is 9. The number of benzene rings is 2. The summed E-state index contributed by atoms with van der Waals surface area (Å²) in [6, 6.07) is 7.90. The molecule has 2 aromatic rings. The first-order chi connectivity index (χ1) is 14.3.